The van der Waals surface area contributed by atoms with Crippen LogP contribution in [0, 0.1) is 19.3 Å². The highest BCUT2D eigenvalue weighted by atomic mass is 32.1. The summed E-state index contributed by atoms with van der Waals surface area (Å²) in [6.07, 6.45) is 1.52. The van der Waals surface area contributed by atoms with Crippen molar-refractivity contribution >= 4 is 33.3 Å². The Kier molecular flexibility index (Phi) is 4.61. The van der Waals surface area contributed by atoms with Crippen LogP contribution in [0.1, 0.15) is 33.7 Å². The van der Waals surface area contributed by atoms with Crippen molar-refractivity contribution in [2.45, 2.75) is 27.3 Å². The van der Waals surface area contributed by atoms with Gasteiger partial charge in [0, 0.05) is 12.0 Å². The molecule has 0 aromatic carbocycles. The number of thiophene rings is 1. The number of anilines is 1. The van der Waals surface area contributed by atoms with E-state index in [4.69, 9.17) is 9.15 Å². The van der Waals surface area contributed by atoms with Gasteiger partial charge in [0.1, 0.15) is 28.5 Å². The molecule has 0 spiro atoms. The van der Waals surface area contributed by atoms with Crippen molar-refractivity contribution in [3.05, 3.63) is 40.4 Å². The van der Waals surface area contributed by atoms with Crippen LogP contribution in [-0.2, 0) is 11.3 Å². The summed E-state index contributed by atoms with van der Waals surface area (Å²) in [5.41, 5.74) is 0.926. The number of nitrogens with one attached hydrogen (secondary N) is 2. The summed E-state index contributed by atoms with van der Waals surface area (Å²) in [4.78, 5) is 22.9. The van der Waals surface area contributed by atoms with Crippen LogP contribution >= 0.6 is 11.3 Å². The number of carbonyl (C=O) groups is 1. The highest BCUT2D eigenvalue weighted by Gasteiger charge is 2.34. The lowest BCUT2D eigenvalue weighted by Gasteiger charge is -2.37. The lowest BCUT2D eigenvalue weighted by atomic mass is 9.89. The predicted octanol–water partition coefficient (Wildman–Crippen LogP) is 3.28. The first-order chi connectivity index (χ1) is 13.0. The Labute approximate surface area is 161 Å². The number of ether oxygens (including phenoxy) is 1. The smallest absolute Gasteiger partial charge is 0.261 e. The first kappa shape index (κ1) is 17.9. The van der Waals surface area contributed by atoms with Gasteiger partial charge in [0.05, 0.1) is 30.0 Å². The summed E-state index contributed by atoms with van der Waals surface area (Å²) in [6, 6.07) is 3.86. The zero-order chi connectivity index (χ0) is 19.0. The highest BCUT2D eigenvalue weighted by molar-refractivity contribution is 7.20. The van der Waals surface area contributed by atoms with Gasteiger partial charge in [0.2, 0.25) is 0 Å². The van der Waals surface area contributed by atoms with E-state index in [-0.39, 0.29) is 11.3 Å². The molecule has 1 amide bonds. The summed E-state index contributed by atoms with van der Waals surface area (Å²) >= 11 is 1.39. The quantitative estimate of drug-likeness (QED) is 0.676. The van der Waals surface area contributed by atoms with E-state index in [1.165, 1.54) is 17.7 Å². The zero-order valence-electron chi connectivity index (χ0n) is 15.6. The van der Waals surface area contributed by atoms with Crippen molar-refractivity contribution in [1.29, 1.82) is 0 Å². The number of amides is 1. The number of hydrogen-bond donors (Lipinski definition) is 2. The number of carbonyl (C=O) groups excluding carboxylic acids is 1. The van der Waals surface area contributed by atoms with E-state index in [0.717, 1.165) is 27.3 Å². The number of nitrogens with zero attached hydrogens (tertiary/aromatic N) is 2. The minimum absolute atomic E-state index is 0.0357. The van der Waals surface area contributed by atoms with Crippen molar-refractivity contribution in [2.24, 2.45) is 5.41 Å². The Morgan fingerprint density at radius 2 is 2.11 bits per heavy atom. The highest BCUT2D eigenvalue weighted by Crippen LogP contribution is 2.34. The topological polar surface area (TPSA) is 89.3 Å². The van der Waals surface area contributed by atoms with Crippen molar-refractivity contribution in [3.63, 3.8) is 0 Å². The standard InChI is InChI=1S/C19H22N4O3S/c1-11-4-5-13(26-11)6-20-16-14-12(2)15(27-18(14)23-10-22-16)17(24)21-7-19(3)8-25-9-19/h4-5,10H,6-9H2,1-3H3,(H,21,24)(H,20,22,23). The molecule has 4 rings (SSSR count). The summed E-state index contributed by atoms with van der Waals surface area (Å²) in [5, 5.41) is 7.21. The summed E-state index contributed by atoms with van der Waals surface area (Å²) < 4.78 is 10.8. The lowest BCUT2D eigenvalue weighted by molar-refractivity contribution is -0.0978. The Balaban J connectivity index is 1.54. The van der Waals surface area contributed by atoms with Crippen LogP contribution in [0.5, 0.6) is 0 Å². The van der Waals surface area contributed by atoms with Crippen LogP contribution in [0.25, 0.3) is 10.2 Å². The van der Waals surface area contributed by atoms with Crippen LogP contribution in [-0.4, -0.2) is 35.6 Å². The molecule has 0 saturated carbocycles. The first-order valence-corrected chi connectivity index (χ1v) is 9.66. The van der Waals surface area contributed by atoms with Gasteiger partial charge in [-0.15, -0.1) is 11.3 Å². The average molecular weight is 386 g/mol. The fourth-order valence-corrected chi connectivity index (χ4v) is 4.16. The fourth-order valence-electron chi connectivity index (χ4n) is 3.10. The second kappa shape index (κ2) is 6.94. The molecule has 4 heterocycles. The molecular formula is C19H22N4O3S. The van der Waals surface area contributed by atoms with Crippen molar-refractivity contribution in [3.8, 4) is 0 Å². The largest absolute Gasteiger partial charge is 0.465 e. The monoisotopic (exact) mass is 386 g/mol. The van der Waals surface area contributed by atoms with Gasteiger partial charge in [-0.05, 0) is 31.5 Å². The normalized spacial score (nSPS) is 15.5. The van der Waals surface area contributed by atoms with Crippen LogP contribution in [0.15, 0.2) is 22.9 Å². The number of furan rings is 1. The van der Waals surface area contributed by atoms with Gasteiger partial charge >= 0.3 is 0 Å². The Morgan fingerprint density at radius 1 is 1.30 bits per heavy atom. The summed E-state index contributed by atoms with van der Waals surface area (Å²) in [5.74, 6) is 2.34. The molecule has 1 fully saturated rings. The molecule has 1 aliphatic heterocycles. The van der Waals surface area contributed by atoms with E-state index in [9.17, 15) is 4.79 Å². The van der Waals surface area contributed by atoms with E-state index in [2.05, 4.69) is 27.5 Å². The molecule has 0 radical (unpaired) electrons. The van der Waals surface area contributed by atoms with E-state index < -0.39 is 0 Å². The Hall–Kier alpha value is -2.45. The third kappa shape index (κ3) is 3.54. The first-order valence-electron chi connectivity index (χ1n) is 8.84. The van der Waals surface area contributed by atoms with E-state index in [0.29, 0.717) is 37.0 Å². The zero-order valence-corrected chi connectivity index (χ0v) is 16.4. The molecule has 0 unspecified atom stereocenters. The summed E-state index contributed by atoms with van der Waals surface area (Å²) in [6.45, 7) is 8.46. The summed E-state index contributed by atoms with van der Waals surface area (Å²) in [7, 11) is 0. The molecule has 1 aliphatic rings. The Morgan fingerprint density at radius 3 is 2.78 bits per heavy atom. The van der Waals surface area contributed by atoms with Crippen molar-refractivity contribution in [1.82, 2.24) is 15.3 Å². The molecular weight excluding hydrogens is 364 g/mol. The molecule has 3 aromatic rings. The van der Waals surface area contributed by atoms with Gasteiger partial charge in [-0.25, -0.2) is 9.97 Å². The molecule has 2 N–H and O–H groups in total. The second-order valence-electron chi connectivity index (χ2n) is 7.31. The van der Waals surface area contributed by atoms with E-state index >= 15 is 0 Å². The lowest BCUT2D eigenvalue weighted by Crippen LogP contribution is -2.48. The molecule has 7 nitrogen and oxygen atoms in total. The van der Waals surface area contributed by atoms with Gasteiger partial charge in [0.25, 0.3) is 5.91 Å². The van der Waals surface area contributed by atoms with Crippen LogP contribution in [0.4, 0.5) is 5.82 Å². The molecule has 0 atom stereocenters. The molecule has 1 saturated heterocycles. The minimum Gasteiger partial charge on any atom is -0.465 e. The molecule has 3 aromatic heterocycles. The molecule has 27 heavy (non-hydrogen) atoms. The van der Waals surface area contributed by atoms with E-state index in [1.807, 2.05) is 26.0 Å². The molecule has 0 bridgehead atoms. The molecule has 0 aliphatic carbocycles. The number of rotatable bonds is 6. The molecule has 8 heteroatoms. The predicted molar refractivity (Wildman–Crippen MR) is 104 cm³/mol. The third-order valence-corrected chi connectivity index (χ3v) is 5.93. The Bertz CT molecular complexity index is 990. The van der Waals surface area contributed by atoms with Gasteiger partial charge in [-0.1, -0.05) is 6.92 Å². The number of aromatic nitrogens is 2. The van der Waals surface area contributed by atoms with Crippen molar-refractivity contribution in [2.75, 3.05) is 25.1 Å². The van der Waals surface area contributed by atoms with Crippen molar-refractivity contribution < 1.29 is 13.9 Å². The SMILES string of the molecule is Cc1ccc(CNc2ncnc3sc(C(=O)NCC4(C)COC4)c(C)c23)o1. The van der Waals surface area contributed by atoms with Crippen LogP contribution in [0.2, 0.25) is 0 Å². The minimum atomic E-state index is -0.0729. The number of fused-ring (bicyclic) bond motifs is 1. The fraction of sp³-hybridized carbons (Fsp3) is 0.421. The van der Waals surface area contributed by atoms with Crippen LogP contribution < -0.4 is 10.6 Å². The maximum Gasteiger partial charge on any atom is 0.261 e. The second-order valence-corrected chi connectivity index (χ2v) is 8.31. The number of hydrogen-bond acceptors (Lipinski definition) is 7. The van der Waals surface area contributed by atoms with Gasteiger partial charge in [0.15, 0.2) is 0 Å². The maximum atomic E-state index is 12.7. The van der Waals surface area contributed by atoms with Gasteiger partial charge < -0.3 is 19.8 Å². The molecule has 142 valence electrons. The van der Waals surface area contributed by atoms with E-state index in [1.54, 1.807) is 0 Å². The maximum absolute atomic E-state index is 12.7. The van der Waals surface area contributed by atoms with Gasteiger partial charge in [-0.3, -0.25) is 4.79 Å². The van der Waals surface area contributed by atoms with Gasteiger partial charge in [-0.2, -0.15) is 0 Å². The third-order valence-electron chi connectivity index (χ3n) is 4.74. The van der Waals surface area contributed by atoms with Crippen LogP contribution in [0.3, 0.4) is 0 Å². The average Bonchev–Trinajstić information content (AvgIpc) is 3.20. The number of aryl methyl sites for hydroxylation is 2.